The van der Waals surface area contributed by atoms with Crippen LogP contribution in [0.2, 0.25) is 54.4 Å². The molecule has 16 atom stereocenters. The van der Waals surface area contributed by atoms with Crippen molar-refractivity contribution in [3.8, 4) is 0 Å². The molecule has 4 heterocycles. The average molecular weight is 1360 g/mol. The first kappa shape index (κ1) is 79.2. The topological polar surface area (TPSA) is 202 Å². The van der Waals surface area contributed by atoms with Gasteiger partial charge in [-0.25, -0.2) is 9.59 Å². The lowest BCUT2D eigenvalue weighted by Crippen LogP contribution is -2.67. The van der Waals surface area contributed by atoms with Crippen molar-refractivity contribution in [1.82, 2.24) is 0 Å². The molecule has 4 fully saturated rings. The second-order valence-electron chi connectivity index (χ2n) is 29.7. The van der Waals surface area contributed by atoms with Crippen LogP contribution in [-0.4, -0.2) is 179 Å². The van der Waals surface area contributed by atoms with E-state index in [0.717, 1.165) is 55.0 Å². The molecule has 0 aromatic heterocycles. The van der Waals surface area contributed by atoms with Crippen LogP contribution in [-0.2, 0) is 60.7 Å². The molecule has 94 heavy (non-hydrogen) atoms. The first-order valence-electron chi connectivity index (χ1n) is 34.7. The van der Waals surface area contributed by atoms with Gasteiger partial charge in [-0.15, -0.1) is 5.73 Å². The zero-order valence-corrected chi connectivity index (χ0v) is 63.0. The highest BCUT2D eigenvalue weighted by Crippen LogP contribution is 2.46. The van der Waals surface area contributed by atoms with Crippen molar-refractivity contribution in [2.45, 2.75) is 299 Å². The molecular weight excluding hydrogens is 1250 g/mol. The molecule has 6 rings (SSSR count). The Hall–Kier alpha value is -3.78. The Morgan fingerprint density at radius 2 is 1.34 bits per heavy atom. The minimum atomic E-state index is -2.65. The van der Waals surface area contributed by atoms with Crippen molar-refractivity contribution in [2.24, 2.45) is 5.92 Å². The van der Waals surface area contributed by atoms with Crippen LogP contribution in [0.5, 0.6) is 0 Å². The highest BCUT2D eigenvalue weighted by Gasteiger charge is 2.56. The number of ether oxygens (including phenoxy) is 9. The van der Waals surface area contributed by atoms with Crippen LogP contribution in [0.3, 0.4) is 0 Å². The van der Waals surface area contributed by atoms with Crippen LogP contribution >= 0.6 is 0 Å². The molecule has 4 aliphatic rings. The number of carbonyl (C=O) groups excluding carboxylic acids is 3. The SMILES string of the molecule is C=C=C(C)CC(CCC1OC(CCC(O)/C=C/C(O[Si](C)(C)C(C)(C)C)C2O[C@H]3CC[C@H](CC(=O)C[C@H]4C(CC(OC)OC)OC(CC(COC(=O)c5ccccc5)OC(=O)c5ccccc5)C4OC)OC3[C@H](O)C2O[Si](C)(C)C(C)(C)C)CC1=C)O[Si](CC)(CC)CC. The second-order valence-corrected chi connectivity index (χ2v) is 44.0. The Labute approximate surface area is 566 Å². The number of benzene rings is 2. The van der Waals surface area contributed by atoms with Gasteiger partial charge in [0.05, 0.1) is 66.1 Å². The highest BCUT2D eigenvalue weighted by molar-refractivity contribution is 6.74. The number of methoxy groups -OCH3 is 3. The maximum absolute atomic E-state index is 14.7. The summed E-state index contributed by atoms with van der Waals surface area (Å²) in [6.45, 7) is 38.7. The van der Waals surface area contributed by atoms with Gasteiger partial charge in [-0.1, -0.05) is 124 Å². The third-order valence-corrected chi connectivity index (χ3v) is 34.8. The lowest BCUT2D eigenvalue weighted by atomic mass is 9.84. The average Bonchev–Trinajstić information content (AvgIpc) is 0.945. The summed E-state index contributed by atoms with van der Waals surface area (Å²) < 4.78 is 78.4. The molecule has 4 aliphatic heterocycles. The molecule has 12 unspecified atom stereocenters. The molecule has 0 spiro atoms. The summed E-state index contributed by atoms with van der Waals surface area (Å²) in [6.07, 6.45) is -0.526. The molecule has 20 heteroatoms. The minimum Gasteiger partial charge on any atom is -0.458 e. The van der Waals surface area contributed by atoms with Crippen LogP contribution in [0, 0.1) is 5.92 Å². The number of Topliss-reactive ketones (excluding diaryl/α,β-unsaturated/α-hetero) is 1. The van der Waals surface area contributed by atoms with E-state index in [2.05, 4.69) is 114 Å². The van der Waals surface area contributed by atoms with E-state index in [0.29, 0.717) is 36.8 Å². The largest absolute Gasteiger partial charge is 0.458 e. The van der Waals surface area contributed by atoms with Crippen molar-refractivity contribution >= 4 is 42.7 Å². The molecular formula is C74H118O17Si3. The van der Waals surface area contributed by atoms with E-state index in [-0.39, 0.29) is 66.5 Å². The van der Waals surface area contributed by atoms with E-state index in [1.807, 2.05) is 12.2 Å². The van der Waals surface area contributed by atoms with Crippen LogP contribution < -0.4 is 0 Å². The summed E-state index contributed by atoms with van der Waals surface area (Å²) in [5.41, 5.74) is 5.94. The van der Waals surface area contributed by atoms with Crippen molar-refractivity contribution in [2.75, 3.05) is 27.9 Å². The fourth-order valence-electron chi connectivity index (χ4n) is 13.0. The third-order valence-electron chi connectivity index (χ3n) is 21.1. The fourth-order valence-corrected chi connectivity index (χ4v) is 18.5. The summed E-state index contributed by atoms with van der Waals surface area (Å²) in [5.74, 6) is -1.77. The lowest BCUT2D eigenvalue weighted by molar-refractivity contribution is -0.269. The van der Waals surface area contributed by atoms with Gasteiger partial charge >= 0.3 is 11.9 Å². The first-order chi connectivity index (χ1) is 44.3. The van der Waals surface area contributed by atoms with Crippen molar-refractivity contribution in [1.29, 1.82) is 0 Å². The van der Waals surface area contributed by atoms with Gasteiger partial charge in [-0.05, 0) is 142 Å². The molecule has 528 valence electrons. The van der Waals surface area contributed by atoms with Gasteiger partial charge in [0, 0.05) is 65.5 Å². The Morgan fingerprint density at radius 3 is 1.91 bits per heavy atom. The summed E-state index contributed by atoms with van der Waals surface area (Å²) in [7, 11) is -2.43. The molecule has 0 bridgehead atoms. The summed E-state index contributed by atoms with van der Waals surface area (Å²) >= 11 is 0. The number of carbonyl (C=O) groups is 3. The van der Waals surface area contributed by atoms with E-state index in [4.69, 9.17) is 55.9 Å². The summed E-state index contributed by atoms with van der Waals surface area (Å²) in [5, 5.41) is 24.3. The van der Waals surface area contributed by atoms with Crippen LogP contribution in [0.15, 0.2) is 103 Å². The van der Waals surface area contributed by atoms with E-state index in [9.17, 15) is 24.6 Å². The van der Waals surface area contributed by atoms with E-state index in [1.54, 1.807) is 67.8 Å². The number of hydrogen-bond acceptors (Lipinski definition) is 17. The van der Waals surface area contributed by atoms with E-state index < -0.39 is 122 Å². The zero-order chi connectivity index (χ0) is 69.3. The number of ketones is 1. The third kappa shape index (κ3) is 21.9. The minimum absolute atomic E-state index is 0.0432. The Bertz CT molecular complexity index is 2760. The van der Waals surface area contributed by atoms with Gasteiger partial charge in [0.2, 0.25) is 0 Å². The summed E-state index contributed by atoms with van der Waals surface area (Å²) in [6, 6.07) is 20.4. The standard InChI is InChI=1S/C74H118O17Si3/c1-20-49(5)42-57(89-94(21-2,22-3)23-4)38-40-60-50(6)43-55(84-60)36-34-53(75)35-39-62(90-92(16,17)73(7,8)9)69-70(91-93(18,19)74(10,11)12)66(77)68-61(88-69)41-37-56(85-68)44-54(76)45-59-63(47-65(80-13)81-14)87-64(67(59)82-15)46-58(86-72(79)52-32-28-25-29-33-52)48-83-71(78)51-30-26-24-27-31-51/h24-33,35,39,53,55-70,75,77H,1,6,21-23,34,36-38,40-48H2,2-5,7-19H3/b39-35+/t53?,55?,56-,57?,58?,59+,60?,61+,62?,63?,64?,66+,67?,68?,69?,70?/m1/s1. The normalized spacial score (nSPS) is 26.8. The van der Waals surface area contributed by atoms with Gasteiger partial charge in [0.1, 0.15) is 42.9 Å². The maximum Gasteiger partial charge on any atom is 0.338 e. The predicted molar refractivity (Wildman–Crippen MR) is 374 cm³/mol. The van der Waals surface area contributed by atoms with E-state index in [1.165, 1.54) is 14.2 Å². The lowest BCUT2D eigenvalue weighted by Gasteiger charge is -2.53. The van der Waals surface area contributed by atoms with Crippen LogP contribution in [0.4, 0.5) is 0 Å². The van der Waals surface area contributed by atoms with Gasteiger partial charge in [-0.2, -0.15) is 0 Å². The quantitative estimate of drug-likeness (QED) is 0.0214. The maximum atomic E-state index is 14.7. The van der Waals surface area contributed by atoms with Crippen LogP contribution in [0.25, 0.3) is 0 Å². The van der Waals surface area contributed by atoms with E-state index >= 15 is 0 Å². The van der Waals surface area contributed by atoms with Crippen molar-refractivity contribution in [3.05, 3.63) is 114 Å². The van der Waals surface area contributed by atoms with Gasteiger partial charge in [0.15, 0.2) is 31.2 Å². The molecule has 0 aliphatic carbocycles. The Morgan fingerprint density at radius 1 is 0.723 bits per heavy atom. The van der Waals surface area contributed by atoms with Gasteiger partial charge in [-0.3, -0.25) is 4.79 Å². The number of rotatable bonds is 36. The zero-order valence-electron chi connectivity index (χ0n) is 60.0. The first-order valence-corrected chi connectivity index (χ1v) is 43.0. The molecule has 2 aromatic rings. The van der Waals surface area contributed by atoms with Crippen molar-refractivity contribution < 1.29 is 80.5 Å². The molecule has 0 saturated carbocycles. The number of fused-ring (bicyclic) bond motifs is 1. The Kier molecular flexibility index (Phi) is 30.2. The fraction of sp³-hybridized carbons (Fsp3) is 0.703. The van der Waals surface area contributed by atoms with Crippen molar-refractivity contribution in [3.63, 3.8) is 0 Å². The molecule has 2 aromatic carbocycles. The van der Waals surface area contributed by atoms with Gasteiger partial charge in [0.25, 0.3) is 0 Å². The molecule has 4 saturated heterocycles. The smallest absolute Gasteiger partial charge is 0.338 e. The number of aliphatic hydroxyl groups excluding tert-OH is 2. The Balaban J connectivity index is 1.17. The van der Waals surface area contributed by atoms with Gasteiger partial charge < -0.3 is 66.1 Å². The monoisotopic (exact) mass is 1360 g/mol. The predicted octanol–water partition coefficient (Wildman–Crippen LogP) is 14.4. The molecule has 2 N–H and O–H groups in total. The summed E-state index contributed by atoms with van der Waals surface area (Å²) in [4.78, 5) is 41.4. The number of aliphatic hydroxyl groups is 2. The van der Waals surface area contributed by atoms with Crippen LogP contribution in [0.1, 0.15) is 167 Å². The highest BCUT2D eigenvalue weighted by atomic mass is 28.4. The molecule has 17 nitrogen and oxygen atoms in total. The molecule has 0 radical (unpaired) electrons. The number of hydrogen-bond donors (Lipinski definition) is 2. The number of esters is 2. The molecule has 0 amide bonds. The second kappa shape index (κ2) is 35.8.